The number of hydrogen-bond donors (Lipinski definition) is 4. The van der Waals surface area contributed by atoms with E-state index in [9.17, 15) is 18.0 Å². The van der Waals surface area contributed by atoms with Crippen molar-refractivity contribution >= 4 is 28.6 Å². The number of ketones is 1. The van der Waals surface area contributed by atoms with Gasteiger partial charge < -0.3 is 25.6 Å². The predicted molar refractivity (Wildman–Crippen MR) is 127 cm³/mol. The molecule has 0 saturated carbocycles. The number of carbonyl (C=O) groups excluding carboxylic acids is 1. The highest BCUT2D eigenvalue weighted by Crippen LogP contribution is 2.33. The van der Waals surface area contributed by atoms with E-state index in [1.54, 1.807) is 25.3 Å². The molecule has 1 aliphatic rings. The van der Waals surface area contributed by atoms with Crippen LogP contribution in [0, 0.1) is 11.2 Å². The summed E-state index contributed by atoms with van der Waals surface area (Å²) in [6, 6.07) is 13.1. The summed E-state index contributed by atoms with van der Waals surface area (Å²) in [5.41, 5.74) is 0.997. The van der Waals surface area contributed by atoms with Gasteiger partial charge in [0.15, 0.2) is 5.76 Å². The van der Waals surface area contributed by atoms with Gasteiger partial charge in [-0.05, 0) is 43.5 Å². The van der Waals surface area contributed by atoms with E-state index in [0.29, 0.717) is 17.9 Å². The molecule has 0 spiro atoms. The normalized spacial score (nSPS) is 15.4. The lowest BCUT2D eigenvalue weighted by molar-refractivity contribution is -0.112. The zero-order valence-corrected chi connectivity index (χ0v) is 18.8. The molecule has 0 atom stereocenters. The van der Waals surface area contributed by atoms with Crippen molar-refractivity contribution < 1.29 is 22.7 Å². The molecule has 7 nitrogen and oxygen atoms in total. The first kappa shape index (κ1) is 24.8. The van der Waals surface area contributed by atoms with Gasteiger partial charge in [-0.1, -0.05) is 18.2 Å². The monoisotopic (exact) mass is 473 g/mol. The molecular formula is C24H26F3N5O2. The molecule has 1 aliphatic heterocycles. The van der Waals surface area contributed by atoms with Crippen LogP contribution in [0.2, 0.25) is 0 Å². The number of allylic oxidation sites excluding steroid dienone is 2. The maximum atomic E-state index is 14.5. The topological polar surface area (TPSA) is 89.5 Å². The summed E-state index contributed by atoms with van der Waals surface area (Å²) in [7, 11) is 3.00. The quantitative estimate of drug-likeness (QED) is 0.224. The first-order chi connectivity index (χ1) is 16.2. The van der Waals surface area contributed by atoms with Gasteiger partial charge in [0.2, 0.25) is 5.78 Å². The summed E-state index contributed by atoms with van der Waals surface area (Å²) in [5.74, 6) is -4.37. The molecule has 0 amide bonds. The molecule has 34 heavy (non-hydrogen) atoms. The zero-order valence-electron chi connectivity index (χ0n) is 18.8. The van der Waals surface area contributed by atoms with Gasteiger partial charge in [0.05, 0.1) is 31.6 Å². The summed E-state index contributed by atoms with van der Waals surface area (Å²) < 4.78 is 45.7. The van der Waals surface area contributed by atoms with E-state index >= 15 is 0 Å². The average Bonchev–Trinajstić information content (AvgIpc) is 2.81. The Kier molecular flexibility index (Phi) is 7.95. The van der Waals surface area contributed by atoms with Crippen LogP contribution in [0.4, 0.5) is 30.2 Å². The standard InChI is InChI=1S/C24H26F3N5O2/c1-29-11-10-20(31-16-6-4-3-5-7-16)22(28)23(33)21(34-2)13-30-19-9-8-17(12-18(19)25)32-14-24(26,27)15-32/h3-10,12-13,28-31H,11,14-15H2,1-2H3/b20-10-,21-13+,28-22?. The molecule has 10 heteroatoms. The minimum absolute atomic E-state index is 0.0262. The van der Waals surface area contributed by atoms with Crippen LogP contribution < -0.4 is 20.9 Å². The highest BCUT2D eigenvalue weighted by Gasteiger charge is 2.44. The second kappa shape index (κ2) is 10.9. The molecular weight excluding hydrogens is 447 g/mol. The number of nitrogens with zero attached hydrogens (tertiary/aromatic N) is 1. The van der Waals surface area contributed by atoms with Gasteiger partial charge in [-0.2, -0.15) is 0 Å². The van der Waals surface area contributed by atoms with Crippen LogP contribution in [-0.2, 0) is 9.53 Å². The van der Waals surface area contributed by atoms with Gasteiger partial charge in [0, 0.05) is 24.1 Å². The summed E-state index contributed by atoms with van der Waals surface area (Å²) in [6.45, 7) is -0.496. The number of carbonyl (C=O) groups is 1. The summed E-state index contributed by atoms with van der Waals surface area (Å²) in [6.07, 6.45) is 2.82. The third kappa shape index (κ3) is 6.16. The van der Waals surface area contributed by atoms with Gasteiger partial charge in [-0.3, -0.25) is 10.2 Å². The minimum Gasteiger partial charge on any atom is -0.491 e. The largest absolute Gasteiger partial charge is 0.491 e. The van der Waals surface area contributed by atoms with Crippen molar-refractivity contribution in [2.75, 3.05) is 49.3 Å². The molecule has 1 heterocycles. The summed E-state index contributed by atoms with van der Waals surface area (Å²) in [5, 5.41) is 17.0. The predicted octanol–water partition coefficient (Wildman–Crippen LogP) is 3.98. The Morgan fingerprint density at radius 1 is 1.21 bits per heavy atom. The van der Waals surface area contributed by atoms with Crippen LogP contribution in [0.15, 0.2) is 72.3 Å². The van der Waals surface area contributed by atoms with Crippen LogP contribution >= 0.6 is 0 Å². The maximum absolute atomic E-state index is 14.5. The van der Waals surface area contributed by atoms with Crippen molar-refractivity contribution in [3.05, 3.63) is 78.1 Å². The Bertz CT molecular complexity index is 1100. The van der Waals surface area contributed by atoms with Gasteiger partial charge in [-0.15, -0.1) is 0 Å². The van der Waals surface area contributed by atoms with Crippen molar-refractivity contribution in [2.45, 2.75) is 5.92 Å². The van der Waals surface area contributed by atoms with Gasteiger partial charge in [0.25, 0.3) is 5.92 Å². The number of rotatable bonds is 11. The molecule has 3 rings (SSSR count). The molecule has 0 unspecified atom stereocenters. The lowest BCUT2D eigenvalue weighted by Gasteiger charge is -2.40. The zero-order chi connectivity index (χ0) is 24.7. The van der Waals surface area contributed by atoms with Crippen LogP contribution in [0.25, 0.3) is 0 Å². The lowest BCUT2D eigenvalue weighted by atomic mass is 10.1. The number of likely N-dealkylation sites (N-methyl/N-ethyl adjacent to an activating group) is 1. The third-order valence-corrected chi connectivity index (χ3v) is 5.02. The molecule has 2 aromatic rings. The Hall–Kier alpha value is -3.79. The van der Waals surface area contributed by atoms with Crippen molar-refractivity contribution in [3.8, 4) is 0 Å². The number of alkyl halides is 2. The highest BCUT2D eigenvalue weighted by molar-refractivity contribution is 6.50. The number of halogens is 3. The molecule has 0 aliphatic carbocycles. The van der Waals surface area contributed by atoms with Crippen molar-refractivity contribution in [1.29, 1.82) is 5.41 Å². The van der Waals surface area contributed by atoms with E-state index < -0.39 is 30.6 Å². The summed E-state index contributed by atoms with van der Waals surface area (Å²) >= 11 is 0. The number of methoxy groups -OCH3 is 1. The molecule has 1 saturated heterocycles. The van der Waals surface area contributed by atoms with Gasteiger partial charge in [-0.25, -0.2) is 13.2 Å². The van der Waals surface area contributed by atoms with Gasteiger partial charge in [0.1, 0.15) is 11.5 Å². The van der Waals surface area contributed by atoms with Crippen molar-refractivity contribution in [3.63, 3.8) is 0 Å². The fourth-order valence-electron chi connectivity index (χ4n) is 3.22. The molecule has 0 radical (unpaired) electrons. The first-order valence-corrected chi connectivity index (χ1v) is 10.5. The number of nitrogens with one attached hydrogen (secondary N) is 4. The fourth-order valence-corrected chi connectivity index (χ4v) is 3.22. The van der Waals surface area contributed by atoms with Crippen molar-refractivity contribution in [1.82, 2.24) is 5.32 Å². The Labute approximate surface area is 195 Å². The Morgan fingerprint density at radius 3 is 2.50 bits per heavy atom. The number of anilines is 3. The number of benzene rings is 2. The second-order valence-electron chi connectivity index (χ2n) is 7.60. The van der Waals surface area contributed by atoms with E-state index in [4.69, 9.17) is 10.1 Å². The highest BCUT2D eigenvalue weighted by atomic mass is 19.3. The Balaban J connectivity index is 1.72. The SMILES string of the molecule is CNC/C=C(\Nc1ccccc1)C(=N)C(=O)/C(=C\Nc1ccc(N2CC(F)(F)C2)cc1F)OC. The number of hydrogen-bond acceptors (Lipinski definition) is 7. The maximum Gasteiger partial charge on any atom is 0.282 e. The van der Waals surface area contributed by atoms with Gasteiger partial charge >= 0.3 is 0 Å². The lowest BCUT2D eigenvalue weighted by Crippen LogP contribution is -2.56. The molecule has 0 aromatic heterocycles. The Morgan fingerprint density at radius 2 is 1.91 bits per heavy atom. The van der Waals surface area contributed by atoms with Crippen LogP contribution in [-0.4, -0.2) is 51.2 Å². The van der Waals surface area contributed by atoms with Crippen molar-refractivity contribution in [2.24, 2.45) is 0 Å². The third-order valence-electron chi connectivity index (χ3n) is 5.02. The van der Waals surface area contributed by atoms with Crippen LogP contribution in [0.5, 0.6) is 0 Å². The molecule has 2 aromatic carbocycles. The number of para-hydroxylation sites is 1. The van der Waals surface area contributed by atoms with E-state index in [0.717, 1.165) is 12.3 Å². The number of Topliss-reactive ketones (excluding diaryl/α,β-unsaturated/α-hetero) is 1. The van der Waals surface area contributed by atoms with Crippen LogP contribution in [0.1, 0.15) is 0 Å². The summed E-state index contributed by atoms with van der Waals surface area (Å²) in [4.78, 5) is 14.3. The number of ether oxygens (including phenoxy) is 1. The minimum atomic E-state index is -2.76. The van der Waals surface area contributed by atoms with E-state index in [-0.39, 0.29) is 22.9 Å². The molecule has 0 bridgehead atoms. The van der Waals surface area contributed by atoms with Crippen LogP contribution in [0.3, 0.4) is 0 Å². The van der Waals surface area contributed by atoms with E-state index in [1.165, 1.54) is 24.1 Å². The molecule has 180 valence electrons. The second-order valence-corrected chi connectivity index (χ2v) is 7.60. The average molecular weight is 473 g/mol. The first-order valence-electron chi connectivity index (χ1n) is 10.5. The van der Waals surface area contributed by atoms with E-state index in [1.807, 2.05) is 18.2 Å². The molecule has 4 N–H and O–H groups in total. The fraction of sp³-hybridized carbons (Fsp3) is 0.250. The molecule has 1 fully saturated rings. The van der Waals surface area contributed by atoms with E-state index in [2.05, 4.69) is 16.0 Å². The smallest absolute Gasteiger partial charge is 0.282 e.